The average molecular weight is 315 g/mol. The van der Waals surface area contributed by atoms with Gasteiger partial charge < -0.3 is 9.84 Å². The van der Waals surface area contributed by atoms with Crippen LogP contribution in [0.1, 0.15) is 24.8 Å². The highest BCUT2D eigenvalue weighted by molar-refractivity contribution is 9.10. The minimum Gasteiger partial charge on any atom is -0.392 e. The average Bonchev–Trinajstić information content (AvgIpc) is 2.88. The van der Waals surface area contributed by atoms with Crippen LogP contribution in [-0.2, 0) is 11.2 Å². The molecule has 3 rings (SSSR count). The summed E-state index contributed by atoms with van der Waals surface area (Å²) in [5.74, 6) is -0.0541. The molecule has 1 aromatic carbocycles. The summed E-state index contributed by atoms with van der Waals surface area (Å²) in [5.41, 5.74) is 0.831. The van der Waals surface area contributed by atoms with E-state index in [9.17, 15) is 9.50 Å². The second-order valence-corrected chi connectivity index (χ2v) is 6.24. The van der Waals surface area contributed by atoms with Gasteiger partial charge in [0.1, 0.15) is 5.82 Å². The number of fused-ring (bicyclic) bond motifs is 2. The molecule has 98 valence electrons. The number of aliphatic hydroxyl groups excluding tert-OH is 1. The summed E-state index contributed by atoms with van der Waals surface area (Å²) in [7, 11) is 0. The lowest BCUT2D eigenvalue weighted by Gasteiger charge is -2.24. The van der Waals surface area contributed by atoms with Crippen LogP contribution in [0.25, 0.3) is 0 Å². The second kappa shape index (κ2) is 4.91. The van der Waals surface area contributed by atoms with E-state index < -0.39 is 6.10 Å². The summed E-state index contributed by atoms with van der Waals surface area (Å²) >= 11 is 3.27. The Balaban J connectivity index is 1.68. The van der Waals surface area contributed by atoms with Crippen molar-refractivity contribution < 1.29 is 14.2 Å². The van der Waals surface area contributed by atoms with E-state index in [4.69, 9.17) is 4.74 Å². The van der Waals surface area contributed by atoms with Gasteiger partial charge in [0.2, 0.25) is 0 Å². The van der Waals surface area contributed by atoms with E-state index in [1.165, 1.54) is 12.1 Å². The normalized spacial score (nSPS) is 31.8. The van der Waals surface area contributed by atoms with Gasteiger partial charge in [-0.05, 0) is 49.4 Å². The van der Waals surface area contributed by atoms with E-state index in [-0.39, 0.29) is 17.8 Å². The summed E-state index contributed by atoms with van der Waals surface area (Å²) in [6.45, 7) is 0. The predicted octanol–water partition coefficient (Wildman–Crippen LogP) is 3.06. The molecule has 1 aromatic rings. The molecule has 18 heavy (non-hydrogen) atoms. The van der Waals surface area contributed by atoms with Crippen molar-refractivity contribution in [3.63, 3.8) is 0 Å². The molecule has 2 aliphatic rings. The van der Waals surface area contributed by atoms with Crippen molar-refractivity contribution >= 4 is 15.9 Å². The Labute approximate surface area is 114 Å². The lowest BCUT2D eigenvalue weighted by atomic mass is 9.83. The summed E-state index contributed by atoms with van der Waals surface area (Å²) < 4.78 is 19.7. The number of halogens is 2. The van der Waals surface area contributed by atoms with Crippen molar-refractivity contribution in [2.75, 3.05) is 0 Å². The van der Waals surface area contributed by atoms with E-state index in [0.717, 1.165) is 24.8 Å². The topological polar surface area (TPSA) is 29.5 Å². The van der Waals surface area contributed by atoms with Crippen LogP contribution >= 0.6 is 15.9 Å². The fourth-order valence-electron chi connectivity index (χ4n) is 3.20. The molecule has 0 aromatic heterocycles. The van der Waals surface area contributed by atoms with Gasteiger partial charge in [-0.1, -0.05) is 15.9 Å². The van der Waals surface area contributed by atoms with Crippen molar-refractivity contribution in [2.45, 2.75) is 44.0 Å². The highest BCUT2D eigenvalue weighted by Crippen LogP contribution is 2.41. The summed E-state index contributed by atoms with van der Waals surface area (Å²) in [6.07, 6.45) is 3.74. The van der Waals surface area contributed by atoms with Crippen LogP contribution in [-0.4, -0.2) is 23.4 Å². The highest BCUT2D eigenvalue weighted by Gasteiger charge is 2.43. The fraction of sp³-hybridized carbons (Fsp3) is 0.571. The van der Waals surface area contributed by atoms with Crippen molar-refractivity contribution in [3.8, 4) is 0 Å². The first-order chi connectivity index (χ1) is 8.61. The third-order valence-corrected chi connectivity index (χ3v) is 4.47. The first-order valence-corrected chi connectivity index (χ1v) is 7.19. The Morgan fingerprint density at radius 3 is 2.83 bits per heavy atom. The van der Waals surface area contributed by atoms with Crippen LogP contribution in [0.3, 0.4) is 0 Å². The highest BCUT2D eigenvalue weighted by atomic mass is 79.9. The van der Waals surface area contributed by atoms with Gasteiger partial charge in [-0.2, -0.15) is 0 Å². The number of hydrogen-bond acceptors (Lipinski definition) is 2. The Morgan fingerprint density at radius 1 is 1.39 bits per heavy atom. The largest absolute Gasteiger partial charge is 0.392 e. The van der Waals surface area contributed by atoms with Crippen LogP contribution < -0.4 is 0 Å². The number of hydrogen-bond donors (Lipinski definition) is 1. The molecule has 2 aliphatic heterocycles. The van der Waals surface area contributed by atoms with Gasteiger partial charge in [0.25, 0.3) is 0 Å². The van der Waals surface area contributed by atoms with Gasteiger partial charge in [-0.15, -0.1) is 0 Å². The lowest BCUT2D eigenvalue weighted by molar-refractivity contribution is 0.0431. The molecule has 4 atom stereocenters. The van der Waals surface area contributed by atoms with Crippen LogP contribution in [0.15, 0.2) is 22.7 Å². The zero-order valence-electron chi connectivity index (χ0n) is 9.98. The van der Waals surface area contributed by atoms with Gasteiger partial charge in [0.15, 0.2) is 0 Å². The number of ether oxygens (including phenoxy) is 1. The standard InChI is InChI=1S/C14H16BrFO2/c15-9-3-8(4-10(16)6-9)5-13(17)12-7-11-1-2-14(12)18-11/h3-4,6,11-14,17H,1-2,5,7H2. The van der Waals surface area contributed by atoms with Gasteiger partial charge in [0.05, 0.1) is 18.3 Å². The van der Waals surface area contributed by atoms with Crippen molar-refractivity contribution in [1.82, 2.24) is 0 Å². The van der Waals surface area contributed by atoms with E-state index in [2.05, 4.69) is 15.9 Å². The Hall–Kier alpha value is -0.450. The molecule has 0 radical (unpaired) electrons. The maximum absolute atomic E-state index is 13.3. The zero-order chi connectivity index (χ0) is 12.7. The summed E-state index contributed by atoms with van der Waals surface area (Å²) in [6, 6.07) is 4.78. The second-order valence-electron chi connectivity index (χ2n) is 5.32. The maximum atomic E-state index is 13.3. The SMILES string of the molecule is OC(Cc1cc(F)cc(Br)c1)C1CC2CCC1O2. The molecule has 1 N–H and O–H groups in total. The van der Waals surface area contributed by atoms with E-state index >= 15 is 0 Å². The van der Waals surface area contributed by atoms with Gasteiger partial charge in [0, 0.05) is 10.4 Å². The molecule has 0 spiro atoms. The van der Waals surface area contributed by atoms with Gasteiger partial charge in [-0.25, -0.2) is 4.39 Å². The lowest BCUT2D eigenvalue weighted by Crippen LogP contribution is -2.31. The fourth-order valence-corrected chi connectivity index (χ4v) is 3.72. The van der Waals surface area contributed by atoms with Crippen LogP contribution in [0, 0.1) is 11.7 Å². The minimum atomic E-state index is -0.436. The molecule has 2 fully saturated rings. The molecule has 2 heterocycles. The molecule has 4 unspecified atom stereocenters. The third-order valence-electron chi connectivity index (χ3n) is 4.01. The van der Waals surface area contributed by atoms with E-state index in [0.29, 0.717) is 17.0 Å². The van der Waals surface area contributed by atoms with Crippen molar-refractivity contribution in [3.05, 3.63) is 34.1 Å². The first-order valence-electron chi connectivity index (χ1n) is 6.40. The molecule has 2 nitrogen and oxygen atoms in total. The smallest absolute Gasteiger partial charge is 0.124 e. The first kappa shape index (κ1) is 12.6. The molecular formula is C14H16BrFO2. The molecular weight excluding hydrogens is 299 g/mol. The quantitative estimate of drug-likeness (QED) is 0.929. The number of rotatable bonds is 3. The van der Waals surface area contributed by atoms with Gasteiger partial charge in [-0.3, -0.25) is 0 Å². The molecule has 4 heteroatoms. The monoisotopic (exact) mass is 314 g/mol. The summed E-state index contributed by atoms with van der Waals surface area (Å²) in [5, 5.41) is 10.3. The zero-order valence-corrected chi connectivity index (χ0v) is 11.6. The maximum Gasteiger partial charge on any atom is 0.124 e. The van der Waals surface area contributed by atoms with Crippen LogP contribution in [0.5, 0.6) is 0 Å². The minimum absolute atomic E-state index is 0.210. The van der Waals surface area contributed by atoms with Gasteiger partial charge >= 0.3 is 0 Å². The van der Waals surface area contributed by atoms with Crippen LogP contribution in [0.4, 0.5) is 4.39 Å². The van der Waals surface area contributed by atoms with E-state index in [1.807, 2.05) is 6.07 Å². The molecule has 0 amide bonds. The Morgan fingerprint density at radius 2 is 2.22 bits per heavy atom. The molecule has 0 aliphatic carbocycles. The molecule has 2 bridgehead atoms. The Kier molecular flexibility index (Phi) is 3.43. The molecule has 0 saturated carbocycles. The third kappa shape index (κ3) is 2.46. The van der Waals surface area contributed by atoms with Crippen molar-refractivity contribution in [1.29, 1.82) is 0 Å². The molecule has 2 saturated heterocycles. The number of benzene rings is 1. The van der Waals surface area contributed by atoms with Crippen molar-refractivity contribution in [2.24, 2.45) is 5.92 Å². The van der Waals surface area contributed by atoms with Crippen LogP contribution in [0.2, 0.25) is 0 Å². The van der Waals surface area contributed by atoms with E-state index in [1.54, 1.807) is 0 Å². The summed E-state index contributed by atoms with van der Waals surface area (Å²) in [4.78, 5) is 0. The predicted molar refractivity (Wildman–Crippen MR) is 69.8 cm³/mol. The Bertz CT molecular complexity index is 431. The number of aliphatic hydroxyl groups is 1.